The van der Waals surface area contributed by atoms with Crippen LogP contribution in [0, 0.1) is 12.3 Å². The summed E-state index contributed by atoms with van der Waals surface area (Å²) in [6.45, 7) is 3.36. The summed E-state index contributed by atoms with van der Waals surface area (Å²) in [6.07, 6.45) is 3.72. The predicted molar refractivity (Wildman–Crippen MR) is 127 cm³/mol. The predicted octanol–water partition coefficient (Wildman–Crippen LogP) is 6.33. The molecule has 0 radical (unpaired) electrons. The molecule has 1 saturated carbocycles. The van der Waals surface area contributed by atoms with Crippen molar-refractivity contribution in [3.8, 4) is 5.75 Å². The Morgan fingerprint density at radius 1 is 1.21 bits per heavy atom. The Morgan fingerprint density at radius 3 is 2.62 bits per heavy atom. The molecular weight excluding hydrogens is 438 g/mol. The van der Waals surface area contributed by atoms with E-state index in [2.05, 4.69) is 16.0 Å². The van der Waals surface area contributed by atoms with Gasteiger partial charge in [-0.2, -0.15) is 0 Å². The molecule has 1 saturated heterocycles. The van der Waals surface area contributed by atoms with E-state index in [1.165, 1.54) is 0 Å². The molecule has 180 valence electrons. The molecule has 2 atom stereocenters. The second-order valence-electron chi connectivity index (χ2n) is 10.0. The molecule has 5 rings (SSSR count). The second kappa shape index (κ2) is 8.38. The molecule has 1 aliphatic carbocycles. The van der Waals surface area contributed by atoms with E-state index in [1.54, 1.807) is 19.2 Å². The largest absolute Gasteiger partial charge is 0.496 e. The van der Waals surface area contributed by atoms with E-state index in [4.69, 9.17) is 4.74 Å². The first-order valence-electron chi connectivity index (χ1n) is 11.8. The van der Waals surface area contributed by atoms with Crippen LogP contribution in [0.2, 0.25) is 0 Å². The summed E-state index contributed by atoms with van der Waals surface area (Å²) in [4.78, 5) is 17.0. The monoisotopic (exact) mass is 468 g/mol. The number of aromatic nitrogens is 1. The van der Waals surface area contributed by atoms with Gasteiger partial charge in [0.15, 0.2) is 0 Å². The van der Waals surface area contributed by atoms with Gasteiger partial charge >= 0.3 is 5.97 Å². The van der Waals surface area contributed by atoms with E-state index in [-0.39, 0.29) is 29.9 Å². The molecule has 0 unspecified atom stereocenters. The summed E-state index contributed by atoms with van der Waals surface area (Å²) in [5.74, 6) is -2.76. The third-order valence-electron chi connectivity index (χ3n) is 7.89. The van der Waals surface area contributed by atoms with Gasteiger partial charge in [-0.25, -0.2) is 13.6 Å². The van der Waals surface area contributed by atoms with Crippen LogP contribution in [0.1, 0.15) is 65.2 Å². The lowest BCUT2D eigenvalue weighted by atomic mass is 9.72. The number of fused-ring (bicyclic) bond motifs is 1. The molecule has 0 amide bonds. The van der Waals surface area contributed by atoms with E-state index < -0.39 is 11.9 Å². The summed E-state index contributed by atoms with van der Waals surface area (Å²) in [6, 6.07) is 10.9. The van der Waals surface area contributed by atoms with Crippen LogP contribution in [-0.4, -0.2) is 40.5 Å². The number of piperidine rings is 1. The third kappa shape index (κ3) is 4.06. The number of methoxy groups -OCH3 is 1. The van der Waals surface area contributed by atoms with Gasteiger partial charge in [-0.05, 0) is 73.5 Å². The van der Waals surface area contributed by atoms with E-state index >= 15 is 0 Å². The fourth-order valence-electron chi connectivity index (χ4n) is 6.09. The summed E-state index contributed by atoms with van der Waals surface area (Å²) < 4.78 is 34.3. The maximum absolute atomic E-state index is 14.3. The van der Waals surface area contributed by atoms with Crippen molar-refractivity contribution >= 4 is 16.9 Å². The van der Waals surface area contributed by atoms with Gasteiger partial charge in [-0.3, -0.25) is 4.90 Å². The Bertz CT molecular complexity index is 1220. The van der Waals surface area contributed by atoms with E-state index in [0.29, 0.717) is 25.9 Å². The highest BCUT2D eigenvalue weighted by Gasteiger charge is 2.52. The van der Waals surface area contributed by atoms with Gasteiger partial charge < -0.3 is 14.8 Å². The first-order valence-corrected chi connectivity index (χ1v) is 11.8. The van der Waals surface area contributed by atoms with Crippen LogP contribution in [0.15, 0.2) is 42.6 Å². The van der Waals surface area contributed by atoms with Gasteiger partial charge in [0.2, 0.25) is 5.92 Å². The lowest BCUT2D eigenvalue weighted by molar-refractivity contribution is -0.0235. The number of hydrogen-bond acceptors (Lipinski definition) is 3. The number of H-pyrrole nitrogens is 1. The lowest BCUT2D eigenvalue weighted by Gasteiger charge is -2.45. The zero-order valence-corrected chi connectivity index (χ0v) is 19.5. The molecule has 1 aliphatic heterocycles. The number of likely N-dealkylation sites (tertiary alicyclic amines) is 1. The number of rotatable bonds is 5. The van der Waals surface area contributed by atoms with E-state index in [1.807, 2.05) is 31.3 Å². The number of carboxylic acid groups (broad SMARTS) is 1. The molecule has 5 nitrogen and oxygen atoms in total. The minimum Gasteiger partial charge on any atom is -0.496 e. The molecule has 2 fully saturated rings. The smallest absolute Gasteiger partial charge is 0.335 e. The van der Waals surface area contributed by atoms with Crippen LogP contribution in [0.5, 0.6) is 5.75 Å². The minimum absolute atomic E-state index is 0.0482. The first kappa shape index (κ1) is 22.8. The number of halogens is 2. The zero-order valence-electron chi connectivity index (χ0n) is 19.5. The fourth-order valence-corrected chi connectivity index (χ4v) is 6.09. The lowest BCUT2D eigenvalue weighted by Crippen LogP contribution is -2.41. The van der Waals surface area contributed by atoms with Crippen LogP contribution in [0.3, 0.4) is 0 Å². The molecule has 2 N–H and O–H groups in total. The number of nitrogens with zero attached hydrogens (tertiary/aromatic N) is 1. The molecule has 0 bridgehead atoms. The summed E-state index contributed by atoms with van der Waals surface area (Å²) in [5.41, 5.74) is 4.06. The Morgan fingerprint density at radius 2 is 1.97 bits per heavy atom. The van der Waals surface area contributed by atoms with E-state index in [0.717, 1.165) is 39.8 Å². The number of hydrogen-bond donors (Lipinski definition) is 2. The Hall–Kier alpha value is -2.93. The molecule has 7 heteroatoms. The van der Waals surface area contributed by atoms with Gasteiger partial charge in [-0.15, -0.1) is 0 Å². The van der Waals surface area contributed by atoms with Crippen LogP contribution in [-0.2, 0) is 6.54 Å². The summed E-state index contributed by atoms with van der Waals surface area (Å²) >= 11 is 0. The van der Waals surface area contributed by atoms with Gasteiger partial charge in [0, 0.05) is 48.1 Å². The molecule has 2 heterocycles. The van der Waals surface area contributed by atoms with Crippen LogP contribution < -0.4 is 4.74 Å². The standard InChI is InChI=1S/C27H30F2N2O3/c1-17-13-23(34-2)21(20-7-11-30-24(17)20)15-31-12-10-26(8-9-27(28,29)16-26)14-22(31)18-3-5-19(6-4-18)25(32)33/h3-7,11,13,22,30H,8-10,12,14-16H2,1-2H3,(H,32,33)/t22-,26+/m0/s1. The molecule has 1 spiro atoms. The van der Waals surface area contributed by atoms with Crippen LogP contribution >= 0.6 is 0 Å². The number of aromatic amines is 1. The van der Waals surface area contributed by atoms with Crippen molar-refractivity contribution in [1.29, 1.82) is 0 Å². The van der Waals surface area contributed by atoms with Crippen LogP contribution in [0.4, 0.5) is 8.78 Å². The number of benzene rings is 2. The highest BCUT2D eigenvalue weighted by Crippen LogP contribution is 2.56. The van der Waals surface area contributed by atoms with Crippen molar-refractivity contribution in [2.24, 2.45) is 5.41 Å². The minimum atomic E-state index is -2.60. The number of carbonyl (C=O) groups is 1. The number of ether oxygens (including phenoxy) is 1. The van der Waals surface area contributed by atoms with Crippen molar-refractivity contribution in [2.75, 3.05) is 13.7 Å². The Kier molecular flexibility index (Phi) is 5.63. The molecular formula is C27H30F2N2O3. The van der Waals surface area contributed by atoms with E-state index in [9.17, 15) is 18.7 Å². The highest BCUT2D eigenvalue weighted by molar-refractivity contribution is 5.88. The Balaban J connectivity index is 1.52. The zero-order chi connectivity index (χ0) is 24.1. The highest BCUT2D eigenvalue weighted by atomic mass is 19.3. The maximum atomic E-state index is 14.3. The van der Waals surface area contributed by atoms with Crippen molar-refractivity contribution in [3.63, 3.8) is 0 Å². The first-order chi connectivity index (χ1) is 16.2. The third-order valence-corrected chi connectivity index (χ3v) is 7.89. The van der Waals surface area contributed by atoms with Gasteiger partial charge in [0.05, 0.1) is 12.7 Å². The molecule has 1 aromatic heterocycles. The maximum Gasteiger partial charge on any atom is 0.335 e. The normalized spacial score (nSPS) is 24.6. The number of alkyl halides is 2. The number of nitrogens with one attached hydrogen (secondary N) is 1. The summed E-state index contributed by atoms with van der Waals surface area (Å²) in [5, 5.41) is 10.4. The number of aryl methyl sites for hydroxylation is 1. The van der Waals surface area contributed by atoms with Gasteiger partial charge in [-0.1, -0.05) is 12.1 Å². The van der Waals surface area contributed by atoms with Crippen molar-refractivity contribution in [2.45, 2.75) is 57.5 Å². The summed E-state index contributed by atoms with van der Waals surface area (Å²) in [7, 11) is 1.67. The average Bonchev–Trinajstić information content (AvgIpc) is 3.42. The Labute approximate surface area is 197 Å². The molecule has 34 heavy (non-hydrogen) atoms. The topological polar surface area (TPSA) is 65.6 Å². The van der Waals surface area contributed by atoms with Crippen molar-refractivity contribution in [3.05, 3.63) is 64.8 Å². The van der Waals surface area contributed by atoms with Crippen molar-refractivity contribution < 1.29 is 23.4 Å². The van der Waals surface area contributed by atoms with Crippen molar-refractivity contribution in [1.82, 2.24) is 9.88 Å². The fraction of sp³-hybridized carbons (Fsp3) is 0.444. The second-order valence-corrected chi connectivity index (χ2v) is 10.0. The number of carboxylic acids is 1. The van der Waals surface area contributed by atoms with Crippen LogP contribution in [0.25, 0.3) is 10.9 Å². The number of aromatic carboxylic acids is 1. The average molecular weight is 469 g/mol. The van der Waals surface area contributed by atoms with Gasteiger partial charge in [0.25, 0.3) is 0 Å². The molecule has 2 aromatic carbocycles. The van der Waals surface area contributed by atoms with Gasteiger partial charge in [0.1, 0.15) is 5.75 Å². The molecule has 3 aromatic rings. The quantitative estimate of drug-likeness (QED) is 0.460. The molecule has 2 aliphatic rings. The SMILES string of the molecule is COc1cc(C)c2[nH]ccc2c1CN1CC[C@]2(CCC(F)(F)C2)C[C@H]1c1ccc(C(=O)O)cc1.